The molecule has 1 amide bonds. The van der Waals surface area contributed by atoms with Crippen LogP contribution in [-0.4, -0.2) is 29.9 Å². The first-order valence-corrected chi connectivity index (χ1v) is 7.76. The molecule has 1 saturated heterocycles. The van der Waals surface area contributed by atoms with Gasteiger partial charge in [0.25, 0.3) is 0 Å². The van der Waals surface area contributed by atoms with E-state index in [-0.39, 0.29) is 18.0 Å². The molecule has 1 aliphatic rings. The van der Waals surface area contributed by atoms with Gasteiger partial charge in [-0.05, 0) is 50.8 Å². The largest absolute Gasteiger partial charge is 0.341 e. The average Bonchev–Trinajstić information content (AvgIpc) is 2.48. The maximum Gasteiger partial charge on any atom is 0.239 e. The van der Waals surface area contributed by atoms with Gasteiger partial charge in [-0.3, -0.25) is 10.1 Å². The van der Waals surface area contributed by atoms with Gasteiger partial charge in [0.2, 0.25) is 5.91 Å². The predicted molar refractivity (Wildman–Crippen MR) is 82.9 cm³/mol. The van der Waals surface area contributed by atoms with Crippen molar-refractivity contribution in [3.05, 3.63) is 34.9 Å². The monoisotopic (exact) mass is 294 g/mol. The van der Waals surface area contributed by atoms with Crippen LogP contribution in [0.5, 0.6) is 0 Å². The molecule has 20 heavy (non-hydrogen) atoms. The van der Waals surface area contributed by atoms with Gasteiger partial charge >= 0.3 is 0 Å². The molecule has 0 bridgehead atoms. The Morgan fingerprint density at radius 3 is 2.35 bits per heavy atom. The van der Waals surface area contributed by atoms with Gasteiger partial charge < -0.3 is 4.90 Å². The Balaban J connectivity index is 1.91. The van der Waals surface area contributed by atoms with Gasteiger partial charge in [-0.2, -0.15) is 0 Å². The minimum absolute atomic E-state index is 0.135. The Labute approximate surface area is 126 Å². The number of benzene rings is 1. The Morgan fingerprint density at radius 2 is 1.75 bits per heavy atom. The van der Waals surface area contributed by atoms with E-state index in [1.807, 2.05) is 36.1 Å². The van der Waals surface area contributed by atoms with Gasteiger partial charge in [0, 0.05) is 24.2 Å². The quantitative estimate of drug-likeness (QED) is 0.923. The molecule has 2 rings (SSSR count). The Bertz CT molecular complexity index is 440. The number of piperidine rings is 1. The number of amides is 1. The van der Waals surface area contributed by atoms with Crippen molar-refractivity contribution in [3.63, 3.8) is 0 Å². The van der Waals surface area contributed by atoms with E-state index in [9.17, 15) is 4.79 Å². The Hall–Kier alpha value is -1.06. The number of carbonyl (C=O) groups excluding carboxylic acids is 1. The minimum Gasteiger partial charge on any atom is -0.341 e. The third-order valence-electron chi connectivity index (χ3n) is 3.91. The first kappa shape index (κ1) is 15.3. The molecule has 0 saturated carbocycles. The molecule has 0 spiro atoms. The lowest BCUT2D eigenvalue weighted by atomic mass is 10.1. The molecule has 0 aromatic heterocycles. The number of halogens is 1. The van der Waals surface area contributed by atoms with Crippen LogP contribution in [0.15, 0.2) is 24.3 Å². The highest BCUT2D eigenvalue weighted by Gasteiger charge is 2.23. The number of hydrogen-bond donors (Lipinski definition) is 1. The highest BCUT2D eigenvalue weighted by atomic mass is 35.5. The fourth-order valence-corrected chi connectivity index (χ4v) is 2.81. The molecular weight excluding hydrogens is 272 g/mol. The number of rotatable bonds is 4. The molecule has 1 unspecified atom stereocenters. The van der Waals surface area contributed by atoms with Crippen LogP contribution >= 0.6 is 11.6 Å². The van der Waals surface area contributed by atoms with E-state index < -0.39 is 0 Å². The molecule has 110 valence electrons. The predicted octanol–water partition coefficient (Wildman–Crippen LogP) is 3.39. The van der Waals surface area contributed by atoms with E-state index in [0.29, 0.717) is 0 Å². The molecule has 1 aromatic carbocycles. The second-order valence-electron chi connectivity index (χ2n) is 5.55. The van der Waals surface area contributed by atoms with Crippen molar-refractivity contribution in [3.8, 4) is 0 Å². The molecule has 1 aromatic rings. The van der Waals surface area contributed by atoms with Crippen molar-refractivity contribution in [1.82, 2.24) is 10.2 Å². The topological polar surface area (TPSA) is 32.3 Å². The molecule has 4 heteroatoms. The van der Waals surface area contributed by atoms with Gasteiger partial charge in [0.05, 0.1) is 6.04 Å². The van der Waals surface area contributed by atoms with Crippen molar-refractivity contribution in [2.24, 2.45) is 0 Å². The van der Waals surface area contributed by atoms with E-state index in [1.165, 1.54) is 6.42 Å². The van der Waals surface area contributed by atoms with Crippen LogP contribution in [0.25, 0.3) is 0 Å². The van der Waals surface area contributed by atoms with Gasteiger partial charge in [-0.1, -0.05) is 23.7 Å². The van der Waals surface area contributed by atoms with Crippen LogP contribution in [0, 0.1) is 0 Å². The summed E-state index contributed by atoms with van der Waals surface area (Å²) in [5.41, 5.74) is 1.15. The summed E-state index contributed by atoms with van der Waals surface area (Å²) in [4.78, 5) is 14.3. The van der Waals surface area contributed by atoms with Crippen molar-refractivity contribution < 1.29 is 4.79 Å². The summed E-state index contributed by atoms with van der Waals surface area (Å²) in [5, 5.41) is 4.11. The maximum atomic E-state index is 12.4. The molecular formula is C16H23ClN2O. The third kappa shape index (κ3) is 3.97. The fraction of sp³-hybridized carbons (Fsp3) is 0.562. The summed E-state index contributed by atoms with van der Waals surface area (Å²) in [6.07, 6.45) is 3.50. The Kier molecular flexibility index (Phi) is 5.44. The van der Waals surface area contributed by atoms with E-state index in [0.717, 1.165) is 36.5 Å². The normalized spacial score (nSPS) is 18.6. The van der Waals surface area contributed by atoms with Crippen LogP contribution in [-0.2, 0) is 4.79 Å². The first-order chi connectivity index (χ1) is 9.58. The summed E-state index contributed by atoms with van der Waals surface area (Å²) in [6, 6.07) is 7.74. The van der Waals surface area contributed by atoms with Crippen molar-refractivity contribution in [2.75, 3.05) is 13.1 Å². The maximum absolute atomic E-state index is 12.4. The van der Waals surface area contributed by atoms with Gasteiger partial charge in [0.15, 0.2) is 0 Å². The van der Waals surface area contributed by atoms with Crippen LogP contribution in [0.2, 0.25) is 5.02 Å². The number of nitrogens with one attached hydrogen (secondary N) is 1. The SMILES string of the molecule is CC(N[C@H](C)c1ccc(Cl)cc1)C(=O)N1CCCCC1. The average molecular weight is 295 g/mol. The lowest BCUT2D eigenvalue weighted by molar-refractivity contribution is -0.134. The van der Waals surface area contributed by atoms with Crippen LogP contribution in [0.4, 0.5) is 0 Å². The lowest BCUT2D eigenvalue weighted by Gasteiger charge is -2.30. The van der Waals surface area contributed by atoms with E-state index >= 15 is 0 Å². The highest BCUT2D eigenvalue weighted by molar-refractivity contribution is 6.30. The van der Waals surface area contributed by atoms with E-state index in [2.05, 4.69) is 12.2 Å². The molecule has 1 fully saturated rings. The third-order valence-corrected chi connectivity index (χ3v) is 4.16. The summed E-state index contributed by atoms with van der Waals surface area (Å²) in [6.45, 7) is 5.83. The summed E-state index contributed by atoms with van der Waals surface area (Å²) < 4.78 is 0. The van der Waals surface area contributed by atoms with E-state index in [4.69, 9.17) is 11.6 Å². The molecule has 1 N–H and O–H groups in total. The van der Waals surface area contributed by atoms with Gasteiger partial charge in [-0.25, -0.2) is 0 Å². The molecule has 1 aliphatic heterocycles. The Morgan fingerprint density at radius 1 is 1.15 bits per heavy atom. The fourth-order valence-electron chi connectivity index (χ4n) is 2.68. The van der Waals surface area contributed by atoms with Crippen molar-refractivity contribution in [1.29, 1.82) is 0 Å². The van der Waals surface area contributed by atoms with Gasteiger partial charge in [0.1, 0.15) is 0 Å². The summed E-state index contributed by atoms with van der Waals surface area (Å²) >= 11 is 5.89. The van der Waals surface area contributed by atoms with Crippen LogP contribution < -0.4 is 5.32 Å². The summed E-state index contributed by atoms with van der Waals surface area (Å²) in [5.74, 6) is 0.213. The minimum atomic E-state index is -0.154. The molecule has 2 atom stereocenters. The molecule has 0 radical (unpaired) electrons. The van der Waals surface area contributed by atoms with Crippen LogP contribution in [0.3, 0.4) is 0 Å². The molecule has 0 aliphatic carbocycles. The smallest absolute Gasteiger partial charge is 0.239 e. The number of likely N-dealkylation sites (tertiary alicyclic amines) is 1. The summed E-state index contributed by atoms with van der Waals surface area (Å²) in [7, 11) is 0. The molecule has 3 nitrogen and oxygen atoms in total. The second kappa shape index (κ2) is 7.09. The van der Waals surface area contributed by atoms with Crippen molar-refractivity contribution in [2.45, 2.75) is 45.2 Å². The number of nitrogens with zero attached hydrogens (tertiary/aromatic N) is 1. The zero-order chi connectivity index (χ0) is 14.5. The zero-order valence-corrected chi connectivity index (χ0v) is 13.0. The standard InChI is InChI=1S/C16H23ClN2O/c1-12(14-6-8-15(17)9-7-14)18-13(2)16(20)19-10-4-3-5-11-19/h6-9,12-13,18H,3-5,10-11H2,1-2H3/t12-,13?/m1/s1. The van der Waals surface area contributed by atoms with Crippen molar-refractivity contribution >= 4 is 17.5 Å². The highest BCUT2D eigenvalue weighted by Crippen LogP contribution is 2.17. The lowest BCUT2D eigenvalue weighted by Crippen LogP contribution is -2.47. The number of carbonyl (C=O) groups is 1. The van der Waals surface area contributed by atoms with Gasteiger partial charge in [-0.15, -0.1) is 0 Å². The van der Waals surface area contributed by atoms with E-state index in [1.54, 1.807) is 0 Å². The zero-order valence-electron chi connectivity index (χ0n) is 12.2. The number of hydrogen-bond acceptors (Lipinski definition) is 2. The molecule has 1 heterocycles. The second-order valence-corrected chi connectivity index (χ2v) is 5.98. The van der Waals surface area contributed by atoms with Crippen LogP contribution in [0.1, 0.15) is 44.7 Å². The first-order valence-electron chi connectivity index (χ1n) is 7.38.